The molecule has 2 aromatic heterocycles. The number of para-hydroxylation sites is 1. The van der Waals surface area contributed by atoms with Crippen LogP contribution in [0.2, 0.25) is 10.0 Å². The fraction of sp³-hybridized carbons (Fsp3) is 0.0952. The number of nitrogens with zero attached hydrogens (tertiary/aromatic N) is 3. The van der Waals surface area contributed by atoms with Crippen molar-refractivity contribution in [2.24, 2.45) is 0 Å². The van der Waals surface area contributed by atoms with Crippen molar-refractivity contribution in [2.45, 2.75) is 17.3 Å². The number of rotatable bonds is 6. The zero-order chi connectivity index (χ0) is 21.1. The number of thioether (sulfide) groups is 1. The first-order valence-corrected chi connectivity index (χ1v) is 10.6. The van der Waals surface area contributed by atoms with Gasteiger partial charge < -0.3 is 9.73 Å². The molecule has 2 heterocycles. The highest BCUT2D eigenvalue weighted by molar-refractivity contribution is 8.00. The topological polar surface area (TPSA) is 73.0 Å². The van der Waals surface area contributed by atoms with Crippen LogP contribution in [0.4, 0.5) is 5.69 Å². The van der Waals surface area contributed by atoms with Gasteiger partial charge in [-0.1, -0.05) is 53.2 Å². The number of hydrogen-bond donors (Lipinski definition) is 1. The fourth-order valence-electron chi connectivity index (χ4n) is 2.76. The molecule has 30 heavy (non-hydrogen) atoms. The van der Waals surface area contributed by atoms with Crippen LogP contribution in [-0.2, 0) is 4.79 Å². The third-order valence-corrected chi connectivity index (χ3v) is 5.83. The number of benzene rings is 2. The molecule has 0 fully saturated rings. The number of carbonyl (C=O) groups excluding carboxylic acids is 1. The van der Waals surface area contributed by atoms with E-state index < -0.39 is 5.25 Å². The Morgan fingerprint density at radius 2 is 1.90 bits per heavy atom. The lowest BCUT2D eigenvalue weighted by molar-refractivity contribution is -0.115. The quantitative estimate of drug-likeness (QED) is 0.361. The molecule has 9 heteroatoms. The summed E-state index contributed by atoms with van der Waals surface area (Å²) in [6, 6.07) is 18.2. The monoisotopic (exact) mass is 458 g/mol. The van der Waals surface area contributed by atoms with E-state index in [9.17, 15) is 4.79 Å². The van der Waals surface area contributed by atoms with Gasteiger partial charge in [0.05, 0.1) is 22.2 Å². The summed E-state index contributed by atoms with van der Waals surface area (Å²) in [6.07, 6.45) is 1.58. The van der Waals surface area contributed by atoms with Crippen molar-refractivity contribution < 1.29 is 9.21 Å². The molecule has 0 aliphatic carbocycles. The summed E-state index contributed by atoms with van der Waals surface area (Å²) < 4.78 is 7.37. The summed E-state index contributed by atoms with van der Waals surface area (Å²) in [4.78, 5) is 12.8. The predicted octanol–water partition coefficient (Wildman–Crippen LogP) is 5.95. The Morgan fingerprint density at radius 3 is 2.63 bits per heavy atom. The SMILES string of the molecule is CC(Sc1nnc(-c2ccco2)n1-c1ccccc1)C(=O)Nc1cc(Cl)ccc1Cl. The van der Waals surface area contributed by atoms with Crippen molar-refractivity contribution in [3.8, 4) is 17.3 Å². The second kappa shape index (κ2) is 8.95. The number of aromatic nitrogens is 3. The molecule has 152 valence electrons. The highest BCUT2D eigenvalue weighted by Crippen LogP contribution is 2.31. The van der Waals surface area contributed by atoms with Crippen molar-refractivity contribution in [2.75, 3.05) is 5.32 Å². The first-order chi connectivity index (χ1) is 14.5. The van der Waals surface area contributed by atoms with Crippen LogP contribution in [0.1, 0.15) is 6.92 Å². The zero-order valence-corrected chi connectivity index (χ0v) is 18.1. The van der Waals surface area contributed by atoms with E-state index >= 15 is 0 Å². The second-order valence-electron chi connectivity index (χ2n) is 6.33. The number of anilines is 1. The van der Waals surface area contributed by atoms with Crippen LogP contribution in [0.25, 0.3) is 17.3 Å². The Morgan fingerprint density at radius 1 is 1.10 bits per heavy atom. The maximum absolute atomic E-state index is 12.8. The standard InChI is InChI=1S/C21H16Cl2N4O2S/c1-13(20(28)24-17-12-14(22)9-10-16(17)23)30-21-26-25-19(18-8-5-11-29-18)27(21)15-6-3-2-4-7-15/h2-13H,1H3,(H,24,28). The molecule has 0 aliphatic heterocycles. The van der Waals surface area contributed by atoms with E-state index in [0.29, 0.717) is 32.5 Å². The number of carbonyl (C=O) groups is 1. The third kappa shape index (κ3) is 4.38. The molecule has 1 atom stereocenters. The number of nitrogens with one attached hydrogen (secondary N) is 1. The van der Waals surface area contributed by atoms with Gasteiger partial charge in [-0.05, 0) is 49.4 Å². The van der Waals surface area contributed by atoms with Crippen LogP contribution < -0.4 is 5.32 Å². The third-order valence-electron chi connectivity index (χ3n) is 4.23. The van der Waals surface area contributed by atoms with E-state index in [0.717, 1.165) is 5.69 Å². The van der Waals surface area contributed by atoms with E-state index in [2.05, 4.69) is 15.5 Å². The first kappa shape index (κ1) is 20.5. The Labute approximate surface area is 187 Å². The van der Waals surface area contributed by atoms with Gasteiger partial charge in [0.15, 0.2) is 10.9 Å². The summed E-state index contributed by atoms with van der Waals surface area (Å²) in [5, 5.41) is 12.4. The second-order valence-corrected chi connectivity index (χ2v) is 8.48. The minimum Gasteiger partial charge on any atom is -0.461 e. The molecule has 0 aliphatic rings. The maximum atomic E-state index is 12.8. The van der Waals surface area contributed by atoms with Gasteiger partial charge in [-0.3, -0.25) is 9.36 Å². The molecule has 0 saturated heterocycles. The Kier molecular flexibility index (Phi) is 6.13. The lowest BCUT2D eigenvalue weighted by Gasteiger charge is -2.14. The van der Waals surface area contributed by atoms with Crippen LogP contribution >= 0.6 is 35.0 Å². The van der Waals surface area contributed by atoms with Crippen LogP contribution in [0.3, 0.4) is 0 Å². The number of halogens is 2. The molecule has 4 aromatic rings. The van der Waals surface area contributed by atoms with Gasteiger partial charge in [-0.2, -0.15) is 0 Å². The number of amides is 1. The van der Waals surface area contributed by atoms with Crippen molar-refractivity contribution in [1.82, 2.24) is 14.8 Å². The van der Waals surface area contributed by atoms with Gasteiger partial charge in [0.25, 0.3) is 0 Å². The fourth-order valence-corrected chi connectivity index (χ4v) is 3.97. The van der Waals surface area contributed by atoms with Gasteiger partial charge >= 0.3 is 0 Å². The van der Waals surface area contributed by atoms with Gasteiger partial charge in [-0.15, -0.1) is 10.2 Å². The van der Waals surface area contributed by atoms with E-state index in [-0.39, 0.29) is 5.91 Å². The minimum atomic E-state index is -0.476. The van der Waals surface area contributed by atoms with Crippen molar-refractivity contribution in [3.05, 3.63) is 77.0 Å². The average Bonchev–Trinajstić information content (AvgIpc) is 3.41. The summed E-state index contributed by atoms with van der Waals surface area (Å²) in [5.74, 6) is 0.909. The molecule has 2 aromatic carbocycles. The largest absolute Gasteiger partial charge is 0.461 e. The lowest BCUT2D eigenvalue weighted by Crippen LogP contribution is -2.23. The van der Waals surface area contributed by atoms with E-state index in [4.69, 9.17) is 27.6 Å². The molecule has 0 bridgehead atoms. The van der Waals surface area contributed by atoms with Crippen molar-refractivity contribution in [1.29, 1.82) is 0 Å². The Balaban J connectivity index is 1.61. The Hall–Kier alpha value is -2.74. The highest BCUT2D eigenvalue weighted by Gasteiger charge is 2.23. The minimum absolute atomic E-state index is 0.230. The molecule has 0 spiro atoms. The number of hydrogen-bond acceptors (Lipinski definition) is 5. The summed E-state index contributed by atoms with van der Waals surface area (Å²) in [6.45, 7) is 1.79. The molecular formula is C21H16Cl2N4O2S. The molecule has 6 nitrogen and oxygen atoms in total. The lowest BCUT2D eigenvalue weighted by atomic mass is 10.3. The zero-order valence-electron chi connectivity index (χ0n) is 15.8. The van der Waals surface area contributed by atoms with Gasteiger partial charge in [0, 0.05) is 10.7 Å². The highest BCUT2D eigenvalue weighted by atomic mass is 35.5. The Bertz CT molecular complexity index is 1160. The number of furan rings is 1. The summed E-state index contributed by atoms with van der Waals surface area (Å²) >= 11 is 13.4. The summed E-state index contributed by atoms with van der Waals surface area (Å²) in [5.41, 5.74) is 1.32. The van der Waals surface area contributed by atoms with Gasteiger partial charge in [-0.25, -0.2) is 0 Å². The van der Waals surface area contributed by atoms with Crippen LogP contribution in [0.5, 0.6) is 0 Å². The molecule has 1 amide bonds. The van der Waals surface area contributed by atoms with Gasteiger partial charge in [0.2, 0.25) is 11.7 Å². The van der Waals surface area contributed by atoms with Crippen LogP contribution in [0, 0.1) is 0 Å². The molecule has 0 radical (unpaired) electrons. The molecule has 0 saturated carbocycles. The van der Waals surface area contributed by atoms with Crippen molar-refractivity contribution >= 4 is 46.6 Å². The predicted molar refractivity (Wildman–Crippen MR) is 119 cm³/mol. The summed E-state index contributed by atoms with van der Waals surface area (Å²) in [7, 11) is 0. The van der Waals surface area contributed by atoms with E-state index in [1.807, 2.05) is 41.0 Å². The molecule has 1 N–H and O–H groups in total. The molecular weight excluding hydrogens is 443 g/mol. The molecule has 1 unspecified atom stereocenters. The van der Waals surface area contributed by atoms with Gasteiger partial charge in [0.1, 0.15) is 0 Å². The first-order valence-electron chi connectivity index (χ1n) is 9.00. The maximum Gasteiger partial charge on any atom is 0.237 e. The normalized spacial score (nSPS) is 12.0. The average molecular weight is 459 g/mol. The molecule has 4 rings (SSSR count). The van der Waals surface area contributed by atoms with E-state index in [1.165, 1.54) is 11.8 Å². The van der Waals surface area contributed by atoms with E-state index in [1.54, 1.807) is 37.5 Å². The van der Waals surface area contributed by atoms with Crippen molar-refractivity contribution in [3.63, 3.8) is 0 Å². The van der Waals surface area contributed by atoms with Crippen LogP contribution in [-0.4, -0.2) is 25.9 Å². The van der Waals surface area contributed by atoms with Crippen LogP contribution in [0.15, 0.2) is 76.5 Å². The smallest absolute Gasteiger partial charge is 0.237 e.